The van der Waals surface area contributed by atoms with E-state index >= 15 is 0 Å². The number of likely N-dealkylation sites (N-methyl/N-ethyl adjacent to an activating group) is 1. The van der Waals surface area contributed by atoms with Gasteiger partial charge in [-0.1, -0.05) is 0 Å². The summed E-state index contributed by atoms with van der Waals surface area (Å²) in [5, 5.41) is 9.62. The van der Waals surface area contributed by atoms with Crippen LogP contribution in [0.15, 0.2) is 18.5 Å². The number of nitrogens with zero attached hydrogens (tertiary/aromatic N) is 5. The number of carbonyl (C=O) groups is 2. The number of amides is 3. The van der Waals surface area contributed by atoms with Crippen molar-refractivity contribution in [1.82, 2.24) is 29.9 Å². The van der Waals surface area contributed by atoms with E-state index in [4.69, 9.17) is 4.74 Å². The maximum Gasteiger partial charge on any atom is 0.422 e. The third-order valence-electron chi connectivity index (χ3n) is 7.42. The number of pyridine rings is 1. The van der Waals surface area contributed by atoms with E-state index in [9.17, 15) is 22.8 Å². The smallest absolute Gasteiger partial charge is 0.422 e. The number of alkyl halides is 3. The molecule has 2 aliphatic heterocycles. The van der Waals surface area contributed by atoms with E-state index in [-0.39, 0.29) is 34.6 Å². The number of nitrogens with one attached hydrogen (secondary N) is 2. The minimum absolute atomic E-state index is 0.0562. The number of rotatable bonds is 6. The highest BCUT2D eigenvalue weighted by atomic mass is 19.4. The molecule has 1 spiro atoms. The second-order valence-corrected chi connectivity index (χ2v) is 10.2. The lowest BCUT2D eigenvalue weighted by molar-refractivity contribution is -0.153. The first-order chi connectivity index (χ1) is 17.6. The Bertz CT molecular complexity index is 1170. The highest BCUT2D eigenvalue weighted by Gasteiger charge is 2.51. The number of ether oxygens (including phenoxy) is 1. The molecule has 10 nitrogen and oxygen atoms in total. The number of carbonyl (C=O) groups excluding carboxylic acids is 2. The van der Waals surface area contributed by atoms with Crippen LogP contribution in [0.1, 0.15) is 42.5 Å². The van der Waals surface area contributed by atoms with Gasteiger partial charge in [0.1, 0.15) is 11.4 Å². The maximum absolute atomic E-state index is 13.1. The molecule has 13 heteroatoms. The van der Waals surface area contributed by atoms with Crippen molar-refractivity contribution in [2.45, 2.75) is 49.9 Å². The summed E-state index contributed by atoms with van der Waals surface area (Å²) in [6.45, 7) is 0.0391. The van der Waals surface area contributed by atoms with E-state index in [0.717, 1.165) is 32.1 Å². The number of hydrogen-bond acceptors (Lipinski definition) is 6. The molecule has 0 aromatic carbocycles. The average molecular weight is 522 g/mol. The number of hydrogen-bond donors (Lipinski definition) is 2. The topological polar surface area (TPSA) is 107 Å². The van der Waals surface area contributed by atoms with Gasteiger partial charge in [0, 0.05) is 43.5 Å². The second kappa shape index (κ2) is 9.51. The van der Waals surface area contributed by atoms with E-state index in [1.165, 1.54) is 23.4 Å². The van der Waals surface area contributed by atoms with E-state index in [1.54, 1.807) is 0 Å². The molecule has 5 rings (SSSR count). The fourth-order valence-corrected chi connectivity index (χ4v) is 4.97. The molecular weight excluding hydrogens is 491 g/mol. The lowest BCUT2D eigenvalue weighted by Crippen LogP contribution is -2.59. The van der Waals surface area contributed by atoms with Crippen LogP contribution < -0.4 is 10.1 Å². The molecular formula is C24H30F3N7O3. The molecule has 2 N–H and O–H groups in total. The molecule has 2 aromatic heterocycles. The van der Waals surface area contributed by atoms with Gasteiger partial charge in [-0.25, -0.2) is 4.79 Å². The summed E-state index contributed by atoms with van der Waals surface area (Å²) < 4.78 is 44.0. The number of H-pyrrole nitrogens is 1. The Morgan fingerprint density at radius 1 is 1.22 bits per heavy atom. The van der Waals surface area contributed by atoms with Crippen molar-refractivity contribution >= 4 is 17.6 Å². The Kier molecular flexibility index (Phi) is 6.50. The first-order valence-electron chi connectivity index (χ1n) is 12.3. The maximum atomic E-state index is 13.1. The molecule has 1 saturated carbocycles. The summed E-state index contributed by atoms with van der Waals surface area (Å²) in [4.78, 5) is 35.8. The lowest BCUT2D eigenvalue weighted by atomic mass is 10.0. The molecule has 3 fully saturated rings. The van der Waals surface area contributed by atoms with Gasteiger partial charge in [-0.15, -0.1) is 0 Å². The quantitative estimate of drug-likeness (QED) is 0.604. The van der Waals surface area contributed by atoms with Crippen LogP contribution in [0.5, 0.6) is 5.75 Å². The number of likely N-dealkylation sites (tertiary alicyclic amines) is 2. The van der Waals surface area contributed by atoms with Gasteiger partial charge in [-0.2, -0.15) is 18.3 Å². The van der Waals surface area contributed by atoms with Crippen molar-refractivity contribution in [3.63, 3.8) is 0 Å². The van der Waals surface area contributed by atoms with Crippen LogP contribution >= 0.6 is 0 Å². The van der Waals surface area contributed by atoms with Gasteiger partial charge in [0.05, 0.1) is 23.1 Å². The van der Waals surface area contributed by atoms with Gasteiger partial charge in [0.15, 0.2) is 6.61 Å². The molecule has 0 unspecified atom stereocenters. The zero-order valence-electron chi connectivity index (χ0n) is 20.8. The molecule has 200 valence electrons. The van der Waals surface area contributed by atoms with Crippen molar-refractivity contribution in [3.05, 3.63) is 24.0 Å². The monoisotopic (exact) mass is 521 g/mol. The molecule has 0 bridgehead atoms. The van der Waals surface area contributed by atoms with Crippen molar-refractivity contribution in [1.29, 1.82) is 0 Å². The Morgan fingerprint density at radius 2 is 1.97 bits per heavy atom. The molecule has 3 aliphatic rings. The molecule has 0 atom stereocenters. The zero-order chi connectivity index (χ0) is 26.4. The number of halogens is 3. The van der Waals surface area contributed by atoms with E-state index in [1.807, 2.05) is 23.9 Å². The van der Waals surface area contributed by atoms with Gasteiger partial charge in [-0.3, -0.25) is 14.9 Å². The fraction of sp³-hybridized carbons (Fsp3) is 0.583. The standard InChI is InChI=1S/C24H30F3N7O3/c1-32(2)15-12-33(13-15)21(35)16-10-28-17(9-19(16)37-14-24(25,26)27)20-18(11-29-31-20)30-22(36)34-8-4-3-5-23(34)6-7-23/h9-11,15H,3-8,12-14H2,1-2H3,(H,29,31)(H,30,36). The van der Waals surface area contributed by atoms with Crippen molar-refractivity contribution < 1.29 is 27.5 Å². The summed E-state index contributed by atoms with van der Waals surface area (Å²) in [5.74, 6) is -0.687. The first kappa shape index (κ1) is 25.3. The van der Waals surface area contributed by atoms with Crippen molar-refractivity contribution in [2.24, 2.45) is 0 Å². The minimum atomic E-state index is -4.59. The van der Waals surface area contributed by atoms with Gasteiger partial charge >= 0.3 is 12.2 Å². The van der Waals surface area contributed by atoms with Gasteiger partial charge in [0.2, 0.25) is 0 Å². The number of urea groups is 1. The first-order valence-corrected chi connectivity index (χ1v) is 12.3. The third-order valence-corrected chi connectivity index (χ3v) is 7.42. The molecule has 3 amide bonds. The van der Waals surface area contributed by atoms with Crippen LogP contribution in [-0.4, -0.2) is 99.9 Å². The van der Waals surface area contributed by atoms with E-state index in [2.05, 4.69) is 20.5 Å². The Labute approximate surface area is 212 Å². The average Bonchev–Trinajstić information content (AvgIpc) is 3.41. The summed E-state index contributed by atoms with van der Waals surface area (Å²) in [5.41, 5.74) is 0.724. The summed E-state index contributed by atoms with van der Waals surface area (Å²) in [6, 6.07) is 1.21. The number of anilines is 1. The van der Waals surface area contributed by atoms with Crippen molar-refractivity contribution in [3.8, 4) is 17.1 Å². The Hall–Kier alpha value is -3.35. The molecule has 2 aromatic rings. The molecule has 4 heterocycles. The molecule has 1 aliphatic carbocycles. The van der Waals surface area contributed by atoms with Gasteiger partial charge < -0.3 is 24.8 Å². The fourth-order valence-electron chi connectivity index (χ4n) is 4.97. The van der Waals surface area contributed by atoms with Gasteiger partial charge in [-0.05, 0) is 46.2 Å². The third kappa shape index (κ3) is 5.22. The molecule has 2 saturated heterocycles. The van der Waals surface area contributed by atoms with Crippen molar-refractivity contribution in [2.75, 3.05) is 45.7 Å². The van der Waals surface area contributed by atoms with Crippen LogP contribution in [0.2, 0.25) is 0 Å². The largest absolute Gasteiger partial charge is 0.483 e. The SMILES string of the molecule is CN(C)C1CN(C(=O)c2cnc(-c3[nH]ncc3NC(=O)N3CCCCC34CC4)cc2OCC(F)(F)F)C1. The highest BCUT2D eigenvalue weighted by Crippen LogP contribution is 2.48. The molecule has 37 heavy (non-hydrogen) atoms. The van der Waals surface area contributed by atoms with Crippen LogP contribution in [0.3, 0.4) is 0 Å². The van der Waals surface area contributed by atoms with Gasteiger partial charge in [0.25, 0.3) is 5.91 Å². The highest BCUT2D eigenvalue weighted by molar-refractivity contribution is 5.98. The lowest BCUT2D eigenvalue weighted by Gasteiger charge is -2.42. The normalized spacial score (nSPS) is 19.2. The predicted octanol–water partition coefficient (Wildman–Crippen LogP) is 3.35. The van der Waals surface area contributed by atoms with E-state index < -0.39 is 18.7 Å². The number of aromatic nitrogens is 3. The minimum Gasteiger partial charge on any atom is -0.483 e. The second-order valence-electron chi connectivity index (χ2n) is 10.2. The predicted molar refractivity (Wildman–Crippen MR) is 128 cm³/mol. The summed E-state index contributed by atoms with van der Waals surface area (Å²) in [6.07, 6.45) is 3.06. The van der Waals surface area contributed by atoms with Crippen LogP contribution in [-0.2, 0) is 0 Å². The van der Waals surface area contributed by atoms with Crippen LogP contribution in [0.25, 0.3) is 11.4 Å². The van der Waals surface area contributed by atoms with E-state index in [0.29, 0.717) is 31.0 Å². The molecule has 0 radical (unpaired) electrons. The zero-order valence-corrected chi connectivity index (χ0v) is 20.8. The summed E-state index contributed by atoms with van der Waals surface area (Å²) in [7, 11) is 3.80. The van der Waals surface area contributed by atoms with Crippen LogP contribution in [0.4, 0.5) is 23.7 Å². The Balaban J connectivity index is 1.38. The Morgan fingerprint density at radius 3 is 2.65 bits per heavy atom. The summed E-state index contributed by atoms with van der Waals surface area (Å²) >= 11 is 0. The van der Waals surface area contributed by atoms with Crippen LogP contribution in [0, 0.1) is 0 Å². The number of aromatic amines is 1. The number of piperidine rings is 1.